The molecule has 2 fully saturated rings. The summed E-state index contributed by atoms with van der Waals surface area (Å²) in [5, 5.41) is 0. The van der Waals surface area contributed by atoms with Crippen LogP contribution in [0.4, 0.5) is 0 Å². The van der Waals surface area contributed by atoms with Gasteiger partial charge in [0.05, 0.1) is 6.04 Å². The van der Waals surface area contributed by atoms with Gasteiger partial charge in [-0.15, -0.1) is 0 Å². The summed E-state index contributed by atoms with van der Waals surface area (Å²) in [5.74, 6) is 2.35. The number of hydrogen-bond acceptors (Lipinski definition) is 3. The second kappa shape index (κ2) is 4.76. The SMILES string of the molecule is COCc1ccc(C2CCCN2C(=O)C2CC2)o1. The quantitative estimate of drug-likeness (QED) is 0.823. The Labute approximate surface area is 107 Å². The first kappa shape index (κ1) is 11.8. The van der Waals surface area contributed by atoms with Gasteiger partial charge in [-0.2, -0.15) is 0 Å². The van der Waals surface area contributed by atoms with Crippen LogP contribution >= 0.6 is 0 Å². The number of carbonyl (C=O) groups is 1. The summed E-state index contributed by atoms with van der Waals surface area (Å²) >= 11 is 0. The normalized spacial score (nSPS) is 23.6. The molecule has 98 valence electrons. The molecule has 1 saturated heterocycles. The van der Waals surface area contributed by atoms with E-state index in [0.29, 0.717) is 18.4 Å². The van der Waals surface area contributed by atoms with Gasteiger partial charge in [-0.3, -0.25) is 4.79 Å². The first-order valence-electron chi connectivity index (χ1n) is 6.67. The number of amides is 1. The smallest absolute Gasteiger partial charge is 0.226 e. The van der Waals surface area contributed by atoms with Crippen LogP contribution in [-0.4, -0.2) is 24.5 Å². The Hall–Kier alpha value is -1.29. The summed E-state index contributed by atoms with van der Waals surface area (Å²) in [5.41, 5.74) is 0. The molecular weight excluding hydrogens is 230 g/mol. The molecule has 1 atom stereocenters. The molecule has 2 aliphatic rings. The van der Waals surface area contributed by atoms with Crippen molar-refractivity contribution in [3.63, 3.8) is 0 Å². The van der Waals surface area contributed by atoms with Gasteiger partial charge in [-0.05, 0) is 37.8 Å². The van der Waals surface area contributed by atoms with Gasteiger partial charge in [0.25, 0.3) is 0 Å². The van der Waals surface area contributed by atoms with Gasteiger partial charge in [0, 0.05) is 19.6 Å². The van der Waals surface area contributed by atoms with Gasteiger partial charge >= 0.3 is 0 Å². The molecule has 0 radical (unpaired) electrons. The van der Waals surface area contributed by atoms with Gasteiger partial charge in [0.15, 0.2) is 0 Å². The fourth-order valence-electron chi connectivity index (χ4n) is 2.68. The van der Waals surface area contributed by atoms with Crippen molar-refractivity contribution in [1.82, 2.24) is 4.90 Å². The van der Waals surface area contributed by atoms with Crippen molar-refractivity contribution < 1.29 is 13.9 Å². The van der Waals surface area contributed by atoms with E-state index >= 15 is 0 Å². The maximum Gasteiger partial charge on any atom is 0.226 e. The van der Waals surface area contributed by atoms with E-state index in [1.165, 1.54) is 0 Å². The number of furan rings is 1. The van der Waals surface area contributed by atoms with E-state index in [4.69, 9.17) is 9.15 Å². The Morgan fingerprint density at radius 2 is 2.28 bits per heavy atom. The summed E-state index contributed by atoms with van der Waals surface area (Å²) in [6.07, 6.45) is 4.21. The molecule has 3 rings (SSSR count). The first-order valence-corrected chi connectivity index (χ1v) is 6.67. The van der Waals surface area contributed by atoms with Crippen molar-refractivity contribution in [2.24, 2.45) is 5.92 Å². The lowest BCUT2D eigenvalue weighted by molar-refractivity contribution is -0.133. The van der Waals surface area contributed by atoms with Crippen molar-refractivity contribution in [2.45, 2.75) is 38.3 Å². The third-order valence-electron chi connectivity index (χ3n) is 3.76. The Bertz CT molecular complexity index is 436. The molecular formula is C14H19NO3. The second-order valence-corrected chi connectivity index (χ2v) is 5.20. The van der Waals surface area contributed by atoms with Crippen molar-refractivity contribution >= 4 is 5.91 Å². The topological polar surface area (TPSA) is 42.7 Å². The van der Waals surface area contributed by atoms with Crippen molar-refractivity contribution in [3.8, 4) is 0 Å². The van der Waals surface area contributed by atoms with Gasteiger partial charge in [-0.25, -0.2) is 0 Å². The Kier molecular flexibility index (Phi) is 3.12. The number of likely N-dealkylation sites (tertiary alicyclic amines) is 1. The average Bonchev–Trinajstić information content (AvgIpc) is 2.92. The highest BCUT2D eigenvalue weighted by Crippen LogP contribution is 2.39. The predicted octanol–water partition coefficient (Wildman–Crippen LogP) is 2.50. The monoisotopic (exact) mass is 249 g/mol. The van der Waals surface area contributed by atoms with E-state index < -0.39 is 0 Å². The molecule has 4 nitrogen and oxygen atoms in total. The molecule has 0 bridgehead atoms. The Morgan fingerprint density at radius 1 is 1.44 bits per heavy atom. The average molecular weight is 249 g/mol. The van der Waals surface area contributed by atoms with Crippen molar-refractivity contribution in [2.75, 3.05) is 13.7 Å². The maximum atomic E-state index is 12.2. The van der Waals surface area contributed by atoms with Crippen LogP contribution < -0.4 is 0 Å². The molecule has 1 aromatic heterocycles. The largest absolute Gasteiger partial charge is 0.461 e. The van der Waals surface area contributed by atoms with Crippen LogP contribution in [0.1, 0.15) is 43.2 Å². The summed E-state index contributed by atoms with van der Waals surface area (Å²) in [6, 6.07) is 4.07. The van der Waals surface area contributed by atoms with Crippen LogP contribution in [-0.2, 0) is 16.1 Å². The number of ether oxygens (including phenoxy) is 1. The number of carbonyl (C=O) groups excluding carboxylic acids is 1. The van der Waals surface area contributed by atoms with Gasteiger partial charge in [-0.1, -0.05) is 0 Å². The van der Waals surface area contributed by atoms with Gasteiger partial charge in [0.2, 0.25) is 5.91 Å². The van der Waals surface area contributed by atoms with E-state index in [0.717, 1.165) is 43.7 Å². The molecule has 1 unspecified atom stereocenters. The minimum absolute atomic E-state index is 0.142. The highest BCUT2D eigenvalue weighted by molar-refractivity contribution is 5.81. The fraction of sp³-hybridized carbons (Fsp3) is 0.643. The molecule has 1 aliphatic heterocycles. The van der Waals surface area contributed by atoms with Crippen LogP contribution in [0.2, 0.25) is 0 Å². The van der Waals surface area contributed by atoms with Crippen molar-refractivity contribution in [1.29, 1.82) is 0 Å². The summed E-state index contributed by atoms with van der Waals surface area (Å²) in [6.45, 7) is 1.36. The number of hydrogen-bond donors (Lipinski definition) is 0. The predicted molar refractivity (Wildman–Crippen MR) is 65.8 cm³/mol. The van der Waals surface area contributed by atoms with Crippen LogP contribution in [0.5, 0.6) is 0 Å². The molecule has 0 N–H and O–H groups in total. The van der Waals surface area contributed by atoms with Crippen LogP contribution in [0.25, 0.3) is 0 Å². The van der Waals surface area contributed by atoms with E-state index in [1.54, 1.807) is 7.11 Å². The molecule has 1 amide bonds. The minimum atomic E-state index is 0.142. The molecule has 0 aromatic carbocycles. The highest BCUT2D eigenvalue weighted by Gasteiger charge is 2.39. The molecule has 1 saturated carbocycles. The fourth-order valence-corrected chi connectivity index (χ4v) is 2.68. The van der Waals surface area contributed by atoms with Crippen LogP contribution in [0.3, 0.4) is 0 Å². The highest BCUT2D eigenvalue weighted by atomic mass is 16.5. The molecule has 2 heterocycles. The standard InChI is InChI=1S/C14H19NO3/c1-17-9-11-6-7-13(18-11)12-3-2-8-15(12)14(16)10-4-5-10/h6-7,10,12H,2-5,8-9H2,1H3. The molecule has 1 aliphatic carbocycles. The molecule has 1 aromatic rings. The van der Waals surface area contributed by atoms with Gasteiger partial charge < -0.3 is 14.1 Å². The van der Waals surface area contributed by atoms with Crippen LogP contribution in [0.15, 0.2) is 16.5 Å². The summed E-state index contributed by atoms with van der Waals surface area (Å²) in [4.78, 5) is 14.2. The lowest BCUT2D eigenvalue weighted by atomic mass is 10.1. The lowest BCUT2D eigenvalue weighted by Gasteiger charge is -2.23. The number of methoxy groups -OCH3 is 1. The van der Waals surface area contributed by atoms with Crippen molar-refractivity contribution in [3.05, 3.63) is 23.7 Å². The minimum Gasteiger partial charge on any atom is -0.461 e. The molecule has 0 spiro atoms. The second-order valence-electron chi connectivity index (χ2n) is 5.20. The Balaban J connectivity index is 1.74. The lowest BCUT2D eigenvalue weighted by Crippen LogP contribution is -2.31. The van der Waals surface area contributed by atoms with E-state index in [1.807, 2.05) is 17.0 Å². The zero-order chi connectivity index (χ0) is 12.5. The Morgan fingerprint density at radius 3 is 3.00 bits per heavy atom. The zero-order valence-corrected chi connectivity index (χ0v) is 10.7. The van der Waals surface area contributed by atoms with Crippen LogP contribution in [0, 0.1) is 5.92 Å². The first-order chi connectivity index (χ1) is 8.79. The maximum absolute atomic E-state index is 12.2. The third kappa shape index (κ3) is 2.17. The summed E-state index contributed by atoms with van der Waals surface area (Å²) in [7, 11) is 1.65. The third-order valence-corrected chi connectivity index (χ3v) is 3.76. The van der Waals surface area contributed by atoms with E-state index in [9.17, 15) is 4.79 Å². The molecule has 18 heavy (non-hydrogen) atoms. The zero-order valence-electron chi connectivity index (χ0n) is 10.7. The van der Waals surface area contributed by atoms with E-state index in [-0.39, 0.29) is 6.04 Å². The summed E-state index contributed by atoms with van der Waals surface area (Å²) < 4.78 is 10.8. The van der Waals surface area contributed by atoms with Gasteiger partial charge in [0.1, 0.15) is 18.1 Å². The molecule has 4 heteroatoms. The number of rotatable bonds is 4. The number of nitrogens with zero attached hydrogens (tertiary/aromatic N) is 1. The van der Waals surface area contributed by atoms with E-state index in [2.05, 4.69) is 0 Å².